The summed E-state index contributed by atoms with van der Waals surface area (Å²) in [7, 11) is 0. The van der Waals surface area contributed by atoms with Gasteiger partial charge in [-0.25, -0.2) is 0 Å². The summed E-state index contributed by atoms with van der Waals surface area (Å²) in [6.45, 7) is 10.5. The molecular weight excluding hydrogens is 318 g/mol. The Kier molecular flexibility index (Phi) is 4.13. The van der Waals surface area contributed by atoms with Gasteiger partial charge >= 0.3 is 0 Å². The van der Waals surface area contributed by atoms with Crippen LogP contribution in [-0.4, -0.2) is 15.6 Å². The first kappa shape index (κ1) is 16.6. The zero-order chi connectivity index (χ0) is 17.6. The molecule has 2 heterocycles. The molecule has 1 saturated heterocycles. The van der Waals surface area contributed by atoms with E-state index >= 15 is 0 Å². The van der Waals surface area contributed by atoms with Gasteiger partial charge in [-0.3, -0.25) is 10.2 Å². The number of benzene rings is 1. The molecule has 4 nitrogen and oxygen atoms in total. The van der Waals surface area contributed by atoms with Crippen molar-refractivity contribution in [3.63, 3.8) is 0 Å². The van der Waals surface area contributed by atoms with Crippen molar-refractivity contribution in [3.05, 3.63) is 56.7 Å². The Labute approximate surface area is 146 Å². The lowest BCUT2D eigenvalue weighted by atomic mass is 10.0. The summed E-state index contributed by atoms with van der Waals surface area (Å²) in [5.74, 6) is -0.197. The number of hydrogen-bond acceptors (Lipinski definition) is 3. The highest BCUT2D eigenvalue weighted by molar-refractivity contribution is 8.18. The Hall–Kier alpha value is -2.27. The molecule has 0 saturated carbocycles. The molecule has 1 aromatic heterocycles. The molecule has 2 N–H and O–H groups in total. The maximum absolute atomic E-state index is 11.9. The molecule has 124 valence electrons. The molecule has 24 heavy (non-hydrogen) atoms. The van der Waals surface area contributed by atoms with Crippen molar-refractivity contribution in [3.8, 4) is 5.69 Å². The topological polar surface area (TPSA) is 57.9 Å². The van der Waals surface area contributed by atoms with Gasteiger partial charge in [-0.05, 0) is 75.2 Å². The van der Waals surface area contributed by atoms with Crippen LogP contribution in [0.15, 0.2) is 23.1 Å². The SMILES string of the molecule is Cc1cc(C)c(-n2c(C)cc(C=C3SC(=N)NC3=O)c2C)c(C)c1. The van der Waals surface area contributed by atoms with E-state index in [0.717, 1.165) is 17.0 Å². The van der Waals surface area contributed by atoms with E-state index in [1.54, 1.807) is 0 Å². The van der Waals surface area contributed by atoms with Gasteiger partial charge in [0.2, 0.25) is 0 Å². The van der Waals surface area contributed by atoms with Crippen LogP contribution in [-0.2, 0) is 4.79 Å². The molecule has 0 atom stereocenters. The van der Waals surface area contributed by atoms with Crippen LogP contribution in [0.25, 0.3) is 11.8 Å². The minimum atomic E-state index is -0.197. The number of thioether (sulfide) groups is 1. The Bertz CT molecular complexity index is 883. The van der Waals surface area contributed by atoms with Crippen LogP contribution in [0.1, 0.15) is 33.6 Å². The van der Waals surface area contributed by atoms with E-state index in [9.17, 15) is 4.79 Å². The highest BCUT2D eigenvalue weighted by Gasteiger charge is 2.23. The molecule has 2 aromatic rings. The van der Waals surface area contributed by atoms with E-state index in [0.29, 0.717) is 4.91 Å². The maximum atomic E-state index is 11.9. The fourth-order valence-corrected chi connectivity index (χ4v) is 4.08. The zero-order valence-electron chi connectivity index (χ0n) is 14.6. The fraction of sp³-hybridized carbons (Fsp3) is 0.263. The average Bonchev–Trinajstić information content (AvgIpc) is 2.91. The number of amidine groups is 1. The number of hydrogen-bond donors (Lipinski definition) is 2. The Morgan fingerprint density at radius 3 is 2.25 bits per heavy atom. The van der Waals surface area contributed by atoms with Crippen molar-refractivity contribution in [2.75, 3.05) is 0 Å². The Balaban J connectivity index is 2.14. The molecule has 1 aliphatic heterocycles. The summed E-state index contributed by atoms with van der Waals surface area (Å²) >= 11 is 1.17. The second kappa shape index (κ2) is 5.98. The minimum absolute atomic E-state index is 0.185. The van der Waals surface area contributed by atoms with Crippen LogP contribution in [0, 0.1) is 40.0 Å². The first-order chi connectivity index (χ1) is 11.3. The number of nitrogens with zero attached hydrogens (tertiary/aromatic N) is 1. The van der Waals surface area contributed by atoms with Crippen molar-refractivity contribution in [1.82, 2.24) is 9.88 Å². The van der Waals surface area contributed by atoms with Crippen LogP contribution in [0.5, 0.6) is 0 Å². The van der Waals surface area contributed by atoms with Crippen LogP contribution in [0.3, 0.4) is 0 Å². The molecular formula is C19H21N3OS. The molecule has 0 aliphatic carbocycles. The largest absolute Gasteiger partial charge is 0.317 e. The molecule has 5 heteroatoms. The lowest BCUT2D eigenvalue weighted by Gasteiger charge is -2.17. The van der Waals surface area contributed by atoms with E-state index in [4.69, 9.17) is 5.41 Å². The van der Waals surface area contributed by atoms with Crippen molar-refractivity contribution in [2.45, 2.75) is 34.6 Å². The molecule has 3 rings (SSSR count). The summed E-state index contributed by atoms with van der Waals surface area (Å²) in [5, 5.41) is 10.3. The second-order valence-corrected chi connectivity index (χ2v) is 7.36. The third-order valence-corrected chi connectivity index (χ3v) is 5.11. The lowest BCUT2D eigenvalue weighted by Crippen LogP contribution is -2.18. The first-order valence-electron chi connectivity index (χ1n) is 7.84. The molecule has 0 unspecified atom stereocenters. The van der Waals surface area contributed by atoms with Gasteiger partial charge in [0.25, 0.3) is 5.91 Å². The molecule has 0 spiro atoms. The van der Waals surface area contributed by atoms with Crippen LogP contribution >= 0.6 is 11.8 Å². The summed E-state index contributed by atoms with van der Waals surface area (Å²) in [6, 6.07) is 6.48. The van der Waals surface area contributed by atoms with Gasteiger partial charge in [0.05, 0.1) is 10.6 Å². The number of aromatic nitrogens is 1. The second-order valence-electron chi connectivity index (χ2n) is 6.30. The van der Waals surface area contributed by atoms with E-state index in [1.807, 2.05) is 6.08 Å². The van der Waals surface area contributed by atoms with Crippen LogP contribution in [0.4, 0.5) is 0 Å². The standard InChI is InChI=1S/C19H21N3OS/c1-10-6-11(2)17(12(3)7-10)22-13(4)8-15(14(22)5)9-16-18(23)21-19(20)24-16/h6-9H,1-5H3,(H2,20,21,23). The Morgan fingerprint density at radius 2 is 1.71 bits per heavy atom. The smallest absolute Gasteiger partial charge is 0.264 e. The number of carbonyl (C=O) groups excluding carboxylic acids is 1. The van der Waals surface area contributed by atoms with Crippen molar-refractivity contribution >= 4 is 28.9 Å². The number of amides is 1. The van der Waals surface area contributed by atoms with E-state index in [1.165, 1.54) is 34.1 Å². The van der Waals surface area contributed by atoms with Gasteiger partial charge in [-0.15, -0.1) is 0 Å². The molecule has 1 aromatic carbocycles. The average molecular weight is 339 g/mol. The van der Waals surface area contributed by atoms with E-state index in [-0.39, 0.29) is 11.1 Å². The first-order valence-corrected chi connectivity index (χ1v) is 8.66. The minimum Gasteiger partial charge on any atom is -0.317 e. The highest BCUT2D eigenvalue weighted by atomic mass is 32.2. The van der Waals surface area contributed by atoms with Crippen molar-refractivity contribution < 1.29 is 4.79 Å². The van der Waals surface area contributed by atoms with Crippen molar-refractivity contribution in [2.24, 2.45) is 0 Å². The number of nitrogens with one attached hydrogen (secondary N) is 2. The number of carbonyl (C=O) groups is 1. The number of rotatable bonds is 2. The summed E-state index contributed by atoms with van der Waals surface area (Å²) in [6.07, 6.45) is 1.87. The quantitative estimate of drug-likeness (QED) is 0.807. The third-order valence-electron chi connectivity index (χ3n) is 4.28. The molecule has 1 aliphatic rings. The van der Waals surface area contributed by atoms with E-state index in [2.05, 4.69) is 62.7 Å². The monoisotopic (exact) mass is 339 g/mol. The normalized spacial score (nSPS) is 16.1. The van der Waals surface area contributed by atoms with Crippen LogP contribution in [0.2, 0.25) is 0 Å². The zero-order valence-corrected chi connectivity index (χ0v) is 15.4. The van der Waals surface area contributed by atoms with Crippen LogP contribution < -0.4 is 5.32 Å². The van der Waals surface area contributed by atoms with Gasteiger partial charge in [0.1, 0.15) is 0 Å². The van der Waals surface area contributed by atoms with Gasteiger partial charge in [0, 0.05) is 11.4 Å². The van der Waals surface area contributed by atoms with E-state index < -0.39 is 0 Å². The molecule has 1 fully saturated rings. The predicted octanol–water partition coefficient (Wildman–Crippen LogP) is 4.16. The maximum Gasteiger partial charge on any atom is 0.264 e. The van der Waals surface area contributed by atoms with Gasteiger partial charge in [-0.2, -0.15) is 0 Å². The van der Waals surface area contributed by atoms with Gasteiger partial charge < -0.3 is 9.88 Å². The fourth-order valence-electron chi connectivity index (χ4n) is 3.39. The molecule has 0 bridgehead atoms. The lowest BCUT2D eigenvalue weighted by molar-refractivity contribution is -0.115. The summed E-state index contributed by atoms with van der Waals surface area (Å²) < 4.78 is 2.25. The van der Waals surface area contributed by atoms with Gasteiger partial charge in [0.15, 0.2) is 5.17 Å². The number of aryl methyl sites for hydroxylation is 4. The summed E-state index contributed by atoms with van der Waals surface area (Å²) in [5.41, 5.74) is 8.19. The Morgan fingerprint density at radius 1 is 1.08 bits per heavy atom. The third kappa shape index (κ3) is 2.80. The molecule has 0 radical (unpaired) electrons. The molecule has 1 amide bonds. The van der Waals surface area contributed by atoms with Gasteiger partial charge in [-0.1, -0.05) is 17.7 Å². The summed E-state index contributed by atoms with van der Waals surface area (Å²) in [4.78, 5) is 12.4. The predicted molar refractivity (Wildman–Crippen MR) is 101 cm³/mol. The highest BCUT2D eigenvalue weighted by Crippen LogP contribution is 2.30. The van der Waals surface area contributed by atoms with Crippen molar-refractivity contribution in [1.29, 1.82) is 5.41 Å².